The fourth-order valence-electron chi connectivity index (χ4n) is 3.12. The average Bonchev–Trinajstić information content (AvgIpc) is 3.22. The Morgan fingerprint density at radius 2 is 2.00 bits per heavy atom. The SMILES string of the molecule is Cc1cc(C(=O)N[C@H]2CC[C@H](NCCF)CC2)nc(-n2ccnc2)n1.O=CO. The third kappa shape index (κ3) is 6.38. The first-order valence-corrected chi connectivity index (χ1v) is 9.09. The Morgan fingerprint density at radius 1 is 1.32 bits per heavy atom. The van der Waals surface area contributed by atoms with E-state index in [4.69, 9.17) is 9.90 Å². The molecule has 1 amide bonds. The maximum atomic E-state index is 12.5. The number of nitrogens with one attached hydrogen (secondary N) is 2. The quantitative estimate of drug-likeness (QED) is 0.633. The summed E-state index contributed by atoms with van der Waals surface area (Å²) in [6.45, 7) is 1.64. The highest BCUT2D eigenvalue weighted by molar-refractivity contribution is 5.92. The van der Waals surface area contributed by atoms with Gasteiger partial charge in [0.05, 0.1) is 0 Å². The van der Waals surface area contributed by atoms with Crippen LogP contribution in [-0.4, -0.2) is 62.3 Å². The number of carbonyl (C=O) groups excluding carboxylic acids is 1. The van der Waals surface area contributed by atoms with Crippen molar-refractivity contribution < 1.29 is 19.1 Å². The van der Waals surface area contributed by atoms with Crippen molar-refractivity contribution in [3.05, 3.63) is 36.2 Å². The Labute approximate surface area is 162 Å². The normalized spacial score (nSPS) is 18.6. The number of carboxylic acid groups (broad SMARTS) is 1. The van der Waals surface area contributed by atoms with E-state index < -0.39 is 0 Å². The summed E-state index contributed by atoms with van der Waals surface area (Å²) in [5.41, 5.74) is 1.08. The number of hydrogen-bond donors (Lipinski definition) is 3. The lowest BCUT2D eigenvalue weighted by Gasteiger charge is -2.29. The molecule has 152 valence electrons. The molecule has 10 heteroatoms. The number of nitrogens with zero attached hydrogens (tertiary/aromatic N) is 4. The molecular formula is C18H25FN6O3. The van der Waals surface area contributed by atoms with E-state index in [0.29, 0.717) is 24.2 Å². The molecule has 0 atom stereocenters. The highest BCUT2D eigenvalue weighted by Crippen LogP contribution is 2.19. The van der Waals surface area contributed by atoms with Crippen molar-refractivity contribution in [2.24, 2.45) is 0 Å². The van der Waals surface area contributed by atoms with Crippen molar-refractivity contribution in [3.8, 4) is 5.95 Å². The summed E-state index contributed by atoms with van der Waals surface area (Å²) in [5.74, 6) is 0.244. The monoisotopic (exact) mass is 392 g/mol. The van der Waals surface area contributed by atoms with Crippen molar-refractivity contribution in [2.75, 3.05) is 13.2 Å². The van der Waals surface area contributed by atoms with E-state index in [2.05, 4.69) is 25.6 Å². The van der Waals surface area contributed by atoms with Crippen LogP contribution in [0.4, 0.5) is 4.39 Å². The fourth-order valence-corrected chi connectivity index (χ4v) is 3.12. The highest BCUT2D eigenvalue weighted by Gasteiger charge is 2.23. The summed E-state index contributed by atoms with van der Waals surface area (Å²) in [6, 6.07) is 2.16. The second kappa shape index (κ2) is 11.1. The molecule has 0 saturated heterocycles. The van der Waals surface area contributed by atoms with Crippen LogP contribution in [0.15, 0.2) is 24.8 Å². The predicted octanol–water partition coefficient (Wildman–Crippen LogP) is 1.27. The number of halogens is 1. The van der Waals surface area contributed by atoms with Gasteiger partial charge in [0.25, 0.3) is 12.4 Å². The van der Waals surface area contributed by atoms with Gasteiger partial charge in [-0.3, -0.25) is 14.2 Å². The second-order valence-corrected chi connectivity index (χ2v) is 6.44. The van der Waals surface area contributed by atoms with Gasteiger partial charge in [0.15, 0.2) is 0 Å². The van der Waals surface area contributed by atoms with Crippen molar-refractivity contribution in [3.63, 3.8) is 0 Å². The van der Waals surface area contributed by atoms with Gasteiger partial charge < -0.3 is 15.7 Å². The van der Waals surface area contributed by atoms with Crippen molar-refractivity contribution in [2.45, 2.75) is 44.7 Å². The van der Waals surface area contributed by atoms with Crippen molar-refractivity contribution >= 4 is 12.4 Å². The Bertz CT molecular complexity index is 748. The number of rotatable bonds is 6. The molecule has 0 aromatic carbocycles. The van der Waals surface area contributed by atoms with E-state index in [9.17, 15) is 9.18 Å². The molecule has 3 rings (SSSR count). The van der Waals surface area contributed by atoms with Gasteiger partial charge in [-0.1, -0.05) is 0 Å². The molecular weight excluding hydrogens is 367 g/mol. The molecule has 0 spiro atoms. The lowest BCUT2D eigenvalue weighted by molar-refractivity contribution is -0.122. The van der Waals surface area contributed by atoms with Crippen LogP contribution in [0.3, 0.4) is 0 Å². The molecule has 3 N–H and O–H groups in total. The number of amides is 1. The maximum absolute atomic E-state index is 12.5. The molecule has 2 aromatic rings. The molecule has 0 unspecified atom stereocenters. The van der Waals surface area contributed by atoms with Gasteiger partial charge >= 0.3 is 0 Å². The second-order valence-electron chi connectivity index (χ2n) is 6.44. The van der Waals surface area contributed by atoms with Crippen molar-refractivity contribution in [1.29, 1.82) is 0 Å². The molecule has 2 aromatic heterocycles. The van der Waals surface area contributed by atoms with Gasteiger partial charge in [-0.05, 0) is 38.7 Å². The molecule has 28 heavy (non-hydrogen) atoms. The molecule has 9 nitrogen and oxygen atoms in total. The molecule has 0 aliphatic heterocycles. The number of aromatic nitrogens is 4. The van der Waals surface area contributed by atoms with Gasteiger partial charge in [0.1, 0.15) is 18.7 Å². The lowest BCUT2D eigenvalue weighted by atomic mass is 9.91. The highest BCUT2D eigenvalue weighted by atomic mass is 19.1. The van der Waals surface area contributed by atoms with Gasteiger partial charge in [-0.2, -0.15) is 0 Å². The maximum Gasteiger partial charge on any atom is 0.290 e. The van der Waals surface area contributed by atoms with Crippen LogP contribution in [0.2, 0.25) is 0 Å². The Hall–Kier alpha value is -2.88. The number of hydrogen-bond acceptors (Lipinski definition) is 6. The molecule has 0 radical (unpaired) electrons. The number of alkyl halides is 1. The van der Waals surface area contributed by atoms with Crippen LogP contribution in [-0.2, 0) is 4.79 Å². The zero-order valence-corrected chi connectivity index (χ0v) is 15.7. The minimum atomic E-state index is -0.344. The van der Waals surface area contributed by atoms with Gasteiger partial charge in [0.2, 0.25) is 5.95 Å². The van der Waals surface area contributed by atoms with Gasteiger partial charge in [-0.15, -0.1) is 0 Å². The van der Waals surface area contributed by atoms with Crippen LogP contribution >= 0.6 is 0 Å². The summed E-state index contributed by atoms with van der Waals surface area (Å²) < 4.78 is 13.9. The summed E-state index contributed by atoms with van der Waals surface area (Å²) in [5, 5.41) is 13.1. The van der Waals surface area contributed by atoms with E-state index in [1.54, 1.807) is 29.4 Å². The Balaban J connectivity index is 0.000000878. The van der Waals surface area contributed by atoms with Crippen molar-refractivity contribution in [1.82, 2.24) is 30.2 Å². The molecule has 1 fully saturated rings. The van der Waals surface area contributed by atoms with Crippen LogP contribution in [0, 0.1) is 6.92 Å². The van der Waals surface area contributed by atoms with Crippen LogP contribution in [0.1, 0.15) is 41.9 Å². The van der Waals surface area contributed by atoms with E-state index in [1.165, 1.54) is 0 Å². The average molecular weight is 392 g/mol. The fraction of sp³-hybridized carbons (Fsp3) is 0.500. The Morgan fingerprint density at radius 3 is 2.61 bits per heavy atom. The molecule has 1 aliphatic rings. The standard InChI is InChI=1S/C17H23FN6O.CH2O2/c1-12-10-15(23-17(21-12)24-9-8-19-11-24)16(25)22-14-4-2-13(3-5-14)20-7-6-18;2-1-3/h8-11,13-14,20H,2-7H2,1H3,(H,22,25);1H,(H,2,3)/t13-,14-;. The zero-order valence-electron chi connectivity index (χ0n) is 15.7. The number of imidazole rings is 1. The topological polar surface area (TPSA) is 122 Å². The summed E-state index contributed by atoms with van der Waals surface area (Å²) in [6.07, 6.45) is 8.62. The first kappa shape index (κ1) is 21.4. The smallest absolute Gasteiger partial charge is 0.290 e. The van der Waals surface area contributed by atoms with Crippen LogP contribution < -0.4 is 10.6 Å². The van der Waals surface area contributed by atoms with Crippen LogP contribution in [0.5, 0.6) is 0 Å². The van der Waals surface area contributed by atoms with E-state index in [0.717, 1.165) is 31.4 Å². The van der Waals surface area contributed by atoms with Gasteiger partial charge in [-0.25, -0.2) is 19.3 Å². The minimum absolute atomic E-state index is 0.128. The summed E-state index contributed by atoms with van der Waals surface area (Å²) in [7, 11) is 0. The van der Waals surface area contributed by atoms with Crippen LogP contribution in [0.25, 0.3) is 5.95 Å². The first-order chi connectivity index (χ1) is 13.6. The molecule has 1 saturated carbocycles. The first-order valence-electron chi connectivity index (χ1n) is 9.09. The predicted molar refractivity (Wildman–Crippen MR) is 100 cm³/mol. The molecule has 1 aliphatic carbocycles. The lowest BCUT2D eigenvalue weighted by Crippen LogP contribution is -2.42. The van der Waals surface area contributed by atoms with E-state index in [-0.39, 0.29) is 25.1 Å². The minimum Gasteiger partial charge on any atom is -0.483 e. The third-order valence-electron chi connectivity index (χ3n) is 4.40. The summed E-state index contributed by atoms with van der Waals surface area (Å²) >= 11 is 0. The summed E-state index contributed by atoms with van der Waals surface area (Å²) in [4.78, 5) is 33.6. The molecule has 2 heterocycles. The van der Waals surface area contributed by atoms with E-state index >= 15 is 0 Å². The number of aryl methyl sites for hydroxylation is 1. The number of carbonyl (C=O) groups is 2. The third-order valence-corrected chi connectivity index (χ3v) is 4.40. The van der Waals surface area contributed by atoms with E-state index in [1.807, 2.05) is 6.92 Å². The zero-order chi connectivity index (χ0) is 20.4. The van der Waals surface area contributed by atoms with Gasteiger partial charge in [0, 0.05) is 36.7 Å². The Kier molecular flexibility index (Phi) is 8.47. The largest absolute Gasteiger partial charge is 0.483 e. The molecule has 0 bridgehead atoms.